The molecule has 29 heavy (non-hydrogen) atoms. The molecule has 140 valence electrons. The van der Waals surface area contributed by atoms with E-state index < -0.39 is 0 Å². The SMILES string of the molecule is O=C(Nc1ccc(-c2nc3ncccc3o2)cc1)c1cccc2c(Br)cccc12. The number of amides is 1. The molecule has 0 spiro atoms. The Balaban J connectivity index is 1.41. The largest absolute Gasteiger partial charge is 0.434 e. The van der Waals surface area contributed by atoms with Crippen LogP contribution < -0.4 is 5.32 Å². The molecular formula is C23H14BrN3O2. The summed E-state index contributed by atoms with van der Waals surface area (Å²) in [7, 11) is 0. The zero-order valence-corrected chi connectivity index (χ0v) is 16.7. The molecule has 5 nitrogen and oxygen atoms in total. The van der Waals surface area contributed by atoms with Crippen molar-refractivity contribution >= 4 is 49.5 Å². The zero-order chi connectivity index (χ0) is 19.8. The Morgan fingerprint density at radius 3 is 2.52 bits per heavy atom. The molecule has 0 aliphatic carbocycles. The van der Waals surface area contributed by atoms with E-state index in [0.29, 0.717) is 28.4 Å². The summed E-state index contributed by atoms with van der Waals surface area (Å²) < 4.78 is 6.70. The highest BCUT2D eigenvalue weighted by Gasteiger charge is 2.12. The van der Waals surface area contributed by atoms with Crippen LogP contribution in [0, 0.1) is 0 Å². The third-order valence-electron chi connectivity index (χ3n) is 4.67. The van der Waals surface area contributed by atoms with E-state index in [-0.39, 0.29) is 5.91 Å². The number of carbonyl (C=O) groups is 1. The highest BCUT2D eigenvalue weighted by atomic mass is 79.9. The van der Waals surface area contributed by atoms with Gasteiger partial charge in [0.25, 0.3) is 5.91 Å². The van der Waals surface area contributed by atoms with Gasteiger partial charge in [-0.25, -0.2) is 4.98 Å². The van der Waals surface area contributed by atoms with Gasteiger partial charge in [-0.05, 0) is 59.3 Å². The molecule has 2 heterocycles. The molecule has 0 unspecified atom stereocenters. The van der Waals surface area contributed by atoms with Gasteiger partial charge in [0.15, 0.2) is 11.2 Å². The number of hydrogen-bond acceptors (Lipinski definition) is 4. The van der Waals surface area contributed by atoms with Crippen molar-refractivity contribution in [3.05, 3.63) is 89.0 Å². The van der Waals surface area contributed by atoms with Crippen LogP contribution in [0.3, 0.4) is 0 Å². The molecule has 1 N–H and O–H groups in total. The Morgan fingerprint density at radius 2 is 1.69 bits per heavy atom. The van der Waals surface area contributed by atoms with Gasteiger partial charge in [-0.1, -0.05) is 40.2 Å². The summed E-state index contributed by atoms with van der Waals surface area (Å²) in [4.78, 5) is 21.4. The van der Waals surface area contributed by atoms with Crippen molar-refractivity contribution in [2.24, 2.45) is 0 Å². The summed E-state index contributed by atoms with van der Waals surface area (Å²) in [5, 5.41) is 4.86. The molecule has 6 heteroatoms. The monoisotopic (exact) mass is 443 g/mol. The standard InChI is InChI=1S/C23H14BrN3O2/c24-19-7-2-4-16-17(19)5-1-6-18(16)22(28)26-15-11-9-14(10-12-15)23-27-21-20(29-23)8-3-13-25-21/h1-13H,(H,26,28). The number of hydrogen-bond donors (Lipinski definition) is 1. The van der Waals surface area contributed by atoms with Crippen molar-refractivity contribution in [2.45, 2.75) is 0 Å². The van der Waals surface area contributed by atoms with E-state index in [0.717, 1.165) is 20.8 Å². The van der Waals surface area contributed by atoms with E-state index in [1.807, 2.05) is 72.8 Å². The lowest BCUT2D eigenvalue weighted by Crippen LogP contribution is -2.12. The van der Waals surface area contributed by atoms with E-state index in [1.165, 1.54) is 0 Å². The summed E-state index contributed by atoms with van der Waals surface area (Å²) in [5.41, 5.74) is 3.34. The minimum Gasteiger partial charge on any atom is -0.434 e. The quantitative estimate of drug-likeness (QED) is 0.368. The molecule has 0 fully saturated rings. The highest BCUT2D eigenvalue weighted by Crippen LogP contribution is 2.28. The number of anilines is 1. The maximum atomic E-state index is 12.8. The van der Waals surface area contributed by atoms with Crippen molar-refractivity contribution in [3.63, 3.8) is 0 Å². The summed E-state index contributed by atoms with van der Waals surface area (Å²) in [6.07, 6.45) is 1.68. The van der Waals surface area contributed by atoms with Gasteiger partial charge in [0, 0.05) is 27.5 Å². The van der Waals surface area contributed by atoms with Crippen molar-refractivity contribution in [1.29, 1.82) is 0 Å². The number of rotatable bonds is 3. The number of nitrogens with zero attached hydrogens (tertiary/aromatic N) is 2. The molecular weight excluding hydrogens is 430 g/mol. The van der Waals surface area contributed by atoms with E-state index in [1.54, 1.807) is 6.20 Å². The number of aromatic nitrogens is 2. The fourth-order valence-corrected chi connectivity index (χ4v) is 3.76. The number of nitrogens with one attached hydrogen (secondary N) is 1. The predicted octanol–water partition coefficient (Wildman–Crippen LogP) is 6.06. The minimum atomic E-state index is -0.160. The predicted molar refractivity (Wildman–Crippen MR) is 117 cm³/mol. The zero-order valence-electron chi connectivity index (χ0n) is 15.1. The lowest BCUT2D eigenvalue weighted by molar-refractivity contribution is 0.102. The lowest BCUT2D eigenvalue weighted by Gasteiger charge is -2.09. The van der Waals surface area contributed by atoms with Crippen LogP contribution in [0.25, 0.3) is 33.5 Å². The molecule has 2 aromatic heterocycles. The Morgan fingerprint density at radius 1 is 0.897 bits per heavy atom. The number of oxazole rings is 1. The molecule has 0 radical (unpaired) electrons. The summed E-state index contributed by atoms with van der Waals surface area (Å²) >= 11 is 3.54. The van der Waals surface area contributed by atoms with Crippen LogP contribution in [0.2, 0.25) is 0 Å². The number of pyridine rings is 1. The number of carbonyl (C=O) groups excluding carboxylic acids is 1. The first-order valence-electron chi connectivity index (χ1n) is 9.00. The highest BCUT2D eigenvalue weighted by molar-refractivity contribution is 9.10. The second kappa shape index (κ2) is 7.14. The van der Waals surface area contributed by atoms with E-state index in [4.69, 9.17) is 4.42 Å². The minimum absolute atomic E-state index is 0.160. The second-order valence-corrected chi connectivity index (χ2v) is 7.37. The molecule has 1 amide bonds. The van der Waals surface area contributed by atoms with Crippen molar-refractivity contribution < 1.29 is 9.21 Å². The fraction of sp³-hybridized carbons (Fsp3) is 0. The molecule has 0 aliphatic rings. The van der Waals surface area contributed by atoms with Gasteiger partial charge in [0.2, 0.25) is 5.89 Å². The molecule has 3 aromatic carbocycles. The number of benzene rings is 3. The summed E-state index contributed by atoms with van der Waals surface area (Å²) in [6.45, 7) is 0. The van der Waals surface area contributed by atoms with Crippen LogP contribution in [0.5, 0.6) is 0 Å². The van der Waals surface area contributed by atoms with Gasteiger partial charge in [0.05, 0.1) is 0 Å². The Bertz CT molecular complexity index is 1330. The first-order valence-corrected chi connectivity index (χ1v) is 9.79. The first kappa shape index (κ1) is 17.6. The topological polar surface area (TPSA) is 68.0 Å². The maximum Gasteiger partial charge on any atom is 0.256 e. The second-order valence-electron chi connectivity index (χ2n) is 6.52. The molecule has 0 atom stereocenters. The molecule has 0 saturated carbocycles. The van der Waals surface area contributed by atoms with Crippen molar-refractivity contribution in [2.75, 3.05) is 5.32 Å². The third-order valence-corrected chi connectivity index (χ3v) is 5.36. The molecule has 5 aromatic rings. The van der Waals surface area contributed by atoms with Crippen LogP contribution >= 0.6 is 15.9 Å². The van der Waals surface area contributed by atoms with Gasteiger partial charge >= 0.3 is 0 Å². The Hall–Kier alpha value is -3.51. The van der Waals surface area contributed by atoms with Crippen LogP contribution in [0.1, 0.15) is 10.4 Å². The van der Waals surface area contributed by atoms with E-state index >= 15 is 0 Å². The van der Waals surface area contributed by atoms with Crippen LogP contribution in [0.4, 0.5) is 5.69 Å². The van der Waals surface area contributed by atoms with Gasteiger partial charge in [-0.3, -0.25) is 4.79 Å². The number of halogens is 1. The summed E-state index contributed by atoms with van der Waals surface area (Å²) in [5.74, 6) is 0.336. The molecule has 0 saturated heterocycles. The molecule has 5 rings (SSSR count). The van der Waals surface area contributed by atoms with Crippen LogP contribution in [0.15, 0.2) is 87.9 Å². The maximum absolute atomic E-state index is 12.8. The Kier molecular flexibility index (Phi) is 4.33. The van der Waals surface area contributed by atoms with Crippen LogP contribution in [-0.2, 0) is 0 Å². The normalized spacial score (nSPS) is 11.1. The van der Waals surface area contributed by atoms with Gasteiger partial charge < -0.3 is 9.73 Å². The third kappa shape index (κ3) is 3.28. The summed E-state index contributed by atoms with van der Waals surface area (Å²) in [6, 6.07) is 22.5. The fourth-order valence-electron chi connectivity index (χ4n) is 3.26. The van der Waals surface area contributed by atoms with E-state index in [2.05, 4.69) is 31.2 Å². The van der Waals surface area contributed by atoms with Crippen molar-refractivity contribution in [3.8, 4) is 11.5 Å². The Labute approximate surface area is 174 Å². The van der Waals surface area contributed by atoms with Crippen LogP contribution in [-0.4, -0.2) is 15.9 Å². The van der Waals surface area contributed by atoms with Gasteiger partial charge in [-0.2, -0.15) is 4.98 Å². The molecule has 0 aliphatic heterocycles. The first-order chi connectivity index (χ1) is 14.2. The lowest BCUT2D eigenvalue weighted by atomic mass is 10.0. The molecule has 0 bridgehead atoms. The number of fused-ring (bicyclic) bond motifs is 2. The smallest absolute Gasteiger partial charge is 0.256 e. The van der Waals surface area contributed by atoms with Gasteiger partial charge in [0.1, 0.15) is 0 Å². The average molecular weight is 444 g/mol. The van der Waals surface area contributed by atoms with Gasteiger partial charge in [-0.15, -0.1) is 0 Å². The average Bonchev–Trinajstić information content (AvgIpc) is 3.18. The van der Waals surface area contributed by atoms with Crippen molar-refractivity contribution in [1.82, 2.24) is 9.97 Å². The van der Waals surface area contributed by atoms with E-state index in [9.17, 15) is 4.79 Å².